The maximum Gasteiger partial charge on any atom is 0.115 e. The fraction of sp³-hybridized carbons (Fsp3) is 0.208. The molecule has 2 aliphatic rings. The maximum absolute atomic E-state index is 9.31. The quantitative estimate of drug-likeness (QED) is 0.464. The molecule has 0 saturated carbocycles. The summed E-state index contributed by atoms with van der Waals surface area (Å²) in [5.41, 5.74) is 6.73. The lowest BCUT2D eigenvalue weighted by Crippen LogP contribution is -2.17. The van der Waals surface area contributed by atoms with Gasteiger partial charge >= 0.3 is 0 Å². The van der Waals surface area contributed by atoms with E-state index in [9.17, 15) is 5.11 Å². The van der Waals surface area contributed by atoms with Crippen molar-refractivity contribution in [3.05, 3.63) is 95.4 Å². The van der Waals surface area contributed by atoms with Gasteiger partial charge < -0.3 is 5.11 Å². The zero-order valence-corrected chi connectivity index (χ0v) is 15.4. The van der Waals surface area contributed by atoms with Gasteiger partial charge in [-0.2, -0.15) is 0 Å². The Balaban J connectivity index is 0.000000173. The minimum absolute atomic E-state index is 0.00822. The second-order valence-corrected chi connectivity index (χ2v) is 7.30. The van der Waals surface area contributed by atoms with E-state index in [0.717, 1.165) is 0 Å². The van der Waals surface area contributed by atoms with Crippen LogP contribution in [0.4, 0.5) is 0 Å². The first-order chi connectivity index (χ1) is 11.9. The largest absolute Gasteiger partial charge is 0.508 e. The van der Waals surface area contributed by atoms with Crippen LogP contribution in [0.5, 0.6) is 5.75 Å². The van der Waals surface area contributed by atoms with Gasteiger partial charge in [0.2, 0.25) is 0 Å². The van der Waals surface area contributed by atoms with Gasteiger partial charge in [0.15, 0.2) is 0 Å². The highest BCUT2D eigenvalue weighted by molar-refractivity contribution is 5.86. The Hall–Kier alpha value is -2.54. The summed E-state index contributed by atoms with van der Waals surface area (Å²) in [6.07, 6.45) is 0. The monoisotopic (exact) mass is 329 g/mol. The number of fused-ring (bicyclic) bond motifs is 1. The van der Waals surface area contributed by atoms with E-state index < -0.39 is 0 Å². The van der Waals surface area contributed by atoms with E-state index in [1.54, 1.807) is 12.1 Å². The van der Waals surface area contributed by atoms with E-state index in [1.807, 2.05) is 18.2 Å². The molecule has 0 aliphatic heterocycles. The third kappa shape index (κ3) is 3.76. The maximum atomic E-state index is 9.31. The molecule has 1 radical (unpaired) electrons. The molecule has 0 unspecified atom stereocenters. The number of hydrogen-bond donors (Lipinski definition) is 1. The molecule has 0 amide bonds. The van der Waals surface area contributed by atoms with Gasteiger partial charge in [0.25, 0.3) is 0 Å². The molecule has 0 spiro atoms. The van der Waals surface area contributed by atoms with Gasteiger partial charge in [-0.1, -0.05) is 82.3 Å². The van der Waals surface area contributed by atoms with E-state index in [1.165, 1.54) is 33.7 Å². The summed E-state index contributed by atoms with van der Waals surface area (Å²) in [7, 11) is 0. The molecule has 0 aromatic heterocycles. The van der Waals surface area contributed by atoms with Crippen LogP contribution in [0, 0.1) is 5.92 Å². The fourth-order valence-corrected chi connectivity index (χ4v) is 3.10. The second kappa shape index (κ2) is 6.76. The smallest absolute Gasteiger partial charge is 0.115 e. The molecular weight excluding hydrogens is 304 g/mol. The predicted octanol–water partition coefficient (Wildman–Crippen LogP) is 6.35. The molecule has 127 valence electrons. The number of phenolic OH excluding ortho intramolecular Hbond substituents is 1. The van der Waals surface area contributed by atoms with Crippen LogP contribution in [0.3, 0.4) is 0 Å². The van der Waals surface area contributed by atoms with Crippen molar-refractivity contribution in [2.24, 2.45) is 0 Å². The molecule has 1 heteroatoms. The Morgan fingerprint density at radius 1 is 0.800 bits per heavy atom. The average molecular weight is 329 g/mol. The zero-order chi connectivity index (χ0) is 18.0. The van der Waals surface area contributed by atoms with Crippen molar-refractivity contribution in [2.75, 3.05) is 0 Å². The van der Waals surface area contributed by atoms with Gasteiger partial charge in [-0.25, -0.2) is 0 Å². The van der Waals surface area contributed by atoms with Gasteiger partial charge in [-0.3, -0.25) is 0 Å². The van der Waals surface area contributed by atoms with E-state index in [0.29, 0.717) is 5.75 Å². The summed E-state index contributed by atoms with van der Waals surface area (Å²) in [6.45, 7) is 8.69. The second-order valence-electron chi connectivity index (χ2n) is 7.30. The molecule has 1 N–H and O–H groups in total. The van der Waals surface area contributed by atoms with Crippen LogP contribution >= 0.6 is 0 Å². The average Bonchev–Trinajstić information content (AvgIpc) is 3.25. The van der Waals surface area contributed by atoms with Crippen LogP contribution in [0.15, 0.2) is 72.8 Å². The Bertz CT molecular complexity index is 843. The first-order valence-corrected chi connectivity index (χ1v) is 8.69. The van der Waals surface area contributed by atoms with Crippen molar-refractivity contribution < 1.29 is 5.11 Å². The fourth-order valence-electron chi connectivity index (χ4n) is 3.10. The molecule has 0 atom stereocenters. The molecule has 2 aliphatic carbocycles. The van der Waals surface area contributed by atoms with Crippen molar-refractivity contribution >= 4 is 0 Å². The van der Waals surface area contributed by atoms with Gasteiger partial charge in [0.05, 0.1) is 0 Å². The molecule has 0 fully saturated rings. The number of aromatic hydroxyl groups is 1. The van der Waals surface area contributed by atoms with Crippen molar-refractivity contribution in [1.82, 2.24) is 0 Å². The number of phenols is 1. The molecule has 2 aromatic carbocycles. The van der Waals surface area contributed by atoms with Gasteiger partial charge in [-0.15, -0.1) is 0 Å². The van der Waals surface area contributed by atoms with Crippen molar-refractivity contribution in [1.29, 1.82) is 0 Å². The normalized spacial score (nSPS) is 11.7. The highest BCUT2D eigenvalue weighted by Gasteiger charge is 2.30. The Kier molecular flexibility index (Phi) is 4.67. The lowest BCUT2D eigenvalue weighted by molar-refractivity contribution is 0.474. The van der Waals surface area contributed by atoms with Crippen molar-refractivity contribution in [3.63, 3.8) is 0 Å². The Morgan fingerprint density at radius 2 is 1.44 bits per heavy atom. The lowest BCUT2D eigenvalue weighted by Gasteiger charge is -2.25. The minimum Gasteiger partial charge on any atom is -0.508 e. The zero-order valence-electron chi connectivity index (χ0n) is 15.4. The van der Waals surface area contributed by atoms with Gasteiger partial charge in [0.1, 0.15) is 5.75 Å². The molecule has 0 bridgehead atoms. The SMILES string of the molecule is CC(C)(c1ccc(O)cc1)c1ccc2cc1-2.C[C](C)c1ccccc1. The predicted molar refractivity (Wildman–Crippen MR) is 106 cm³/mol. The summed E-state index contributed by atoms with van der Waals surface area (Å²) in [5.74, 6) is 1.69. The number of hydrogen-bond acceptors (Lipinski definition) is 1. The minimum atomic E-state index is 0.00822. The molecule has 25 heavy (non-hydrogen) atoms. The molecular formula is C24H25O. The lowest BCUT2D eigenvalue weighted by atomic mass is 9.78. The molecule has 0 heterocycles. The van der Waals surface area contributed by atoms with Crippen LogP contribution in [-0.2, 0) is 5.41 Å². The number of rotatable bonds is 3. The van der Waals surface area contributed by atoms with Crippen molar-refractivity contribution in [2.45, 2.75) is 33.1 Å². The topological polar surface area (TPSA) is 20.2 Å². The van der Waals surface area contributed by atoms with E-state index in [4.69, 9.17) is 0 Å². The molecule has 2 aromatic rings. The van der Waals surface area contributed by atoms with E-state index >= 15 is 0 Å². The summed E-state index contributed by atoms with van der Waals surface area (Å²) >= 11 is 0. The Morgan fingerprint density at radius 3 is 1.88 bits per heavy atom. The Labute approximate surface area is 151 Å². The van der Waals surface area contributed by atoms with Gasteiger partial charge in [0, 0.05) is 5.41 Å². The highest BCUT2D eigenvalue weighted by Crippen LogP contribution is 2.46. The molecule has 1 nitrogen and oxygen atoms in total. The van der Waals surface area contributed by atoms with Crippen LogP contribution in [-0.4, -0.2) is 5.11 Å². The highest BCUT2D eigenvalue weighted by atomic mass is 16.3. The molecule has 0 saturated heterocycles. The van der Waals surface area contributed by atoms with Gasteiger partial charge in [-0.05, 0) is 51.9 Å². The van der Waals surface area contributed by atoms with Crippen molar-refractivity contribution in [3.8, 4) is 16.9 Å². The standard InChI is InChI=1S/C15H14O.C9H11/c1-15(2,11-4-6-12(16)7-5-11)14-8-3-10-9-13(10)14;1-8(2)9-6-4-3-5-7-9/h3-9,16H,1-2H3;3-7H,1-2H3. The van der Waals surface area contributed by atoms with Crippen LogP contribution in [0.25, 0.3) is 11.1 Å². The van der Waals surface area contributed by atoms with Crippen LogP contribution in [0.2, 0.25) is 0 Å². The summed E-state index contributed by atoms with van der Waals surface area (Å²) in [6, 6.07) is 24.5. The van der Waals surface area contributed by atoms with E-state index in [2.05, 4.69) is 70.2 Å². The molecule has 4 rings (SSSR count). The number of benzene rings is 3. The first kappa shape index (κ1) is 17.3. The third-order valence-electron chi connectivity index (χ3n) is 4.86. The van der Waals surface area contributed by atoms with Crippen LogP contribution < -0.4 is 0 Å². The summed E-state index contributed by atoms with van der Waals surface area (Å²) in [5, 5.41) is 9.31. The van der Waals surface area contributed by atoms with E-state index in [-0.39, 0.29) is 5.41 Å². The van der Waals surface area contributed by atoms with Crippen LogP contribution in [0.1, 0.15) is 44.4 Å². The third-order valence-corrected chi connectivity index (χ3v) is 4.86. The summed E-state index contributed by atoms with van der Waals surface area (Å²) in [4.78, 5) is 0. The summed E-state index contributed by atoms with van der Waals surface area (Å²) < 4.78 is 0. The first-order valence-electron chi connectivity index (χ1n) is 8.69.